The summed E-state index contributed by atoms with van der Waals surface area (Å²) in [6.45, 7) is 6.96. The van der Waals surface area contributed by atoms with Gasteiger partial charge in [0.2, 0.25) is 15.9 Å². The molecule has 1 fully saturated rings. The van der Waals surface area contributed by atoms with Crippen LogP contribution >= 0.6 is 15.9 Å². The molecule has 2 rings (SSSR count). The molecule has 1 heterocycles. The van der Waals surface area contributed by atoms with Gasteiger partial charge in [0.05, 0.1) is 5.75 Å². The van der Waals surface area contributed by atoms with E-state index in [9.17, 15) is 13.2 Å². The summed E-state index contributed by atoms with van der Waals surface area (Å²) in [5.41, 5.74) is 0.764. The molecule has 140 valence electrons. The fraction of sp³-hybridized carbons (Fsp3) is 0.611. The Labute approximate surface area is 159 Å². The van der Waals surface area contributed by atoms with Gasteiger partial charge in [-0.25, -0.2) is 12.7 Å². The van der Waals surface area contributed by atoms with Gasteiger partial charge in [-0.05, 0) is 43.4 Å². The van der Waals surface area contributed by atoms with Crippen LogP contribution in [0.1, 0.15) is 39.2 Å². The molecule has 1 saturated heterocycles. The summed E-state index contributed by atoms with van der Waals surface area (Å²) in [7, 11) is -3.36. The third-order valence-electron chi connectivity index (χ3n) is 4.83. The molecule has 1 amide bonds. The van der Waals surface area contributed by atoms with Crippen molar-refractivity contribution < 1.29 is 13.2 Å². The summed E-state index contributed by atoms with van der Waals surface area (Å²) >= 11 is 3.37. The largest absolute Gasteiger partial charge is 0.353 e. The molecule has 0 spiro atoms. The minimum Gasteiger partial charge on any atom is -0.353 e. The zero-order chi connectivity index (χ0) is 18.6. The van der Waals surface area contributed by atoms with Crippen LogP contribution < -0.4 is 5.32 Å². The SMILES string of the molecule is CC(C)[C@H](C)NC(=O)C1CCN(S(=O)(=O)Cc2cccc(Br)c2)CC1. The monoisotopic (exact) mass is 430 g/mol. The van der Waals surface area contributed by atoms with E-state index in [-0.39, 0.29) is 23.6 Å². The lowest BCUT2D eigenvalue weighted by atomic mass is 9.96. The van der Waals surface area contributed by atoms with Gasteiger partial charge in [-0.3, -0.25) is 4.79 Å². The second-order valence-electron chi connectivity index (χ2n) is 7.10. The van der Waals surface area contributed by atoms with Crippen molar-refractivity contribution in [1.29, 1.82) is 0 Å². The standard InChI is InChI=1S/C18H27BrN2O3S/c1-13(2)14(3)20-18(22)16-7-9-21(10-8-16)25(23,24)12-15-5-4-6-17(19)11-15/h4-6,11,13-14,16H,7-10,12H2,1-3H3,(H,20,22)/t14-/m0/s1. The number of halogens is 1. The van der Waals surface area contributed by atoms with E-state index in [0.29, 0.717) is 31.8 Å². The summed E-state index contributed by atoms with van der Waals surface area (Å²) in [5.74, 6) is 0.326. The molecule has 0 aliphatic carbocycles. The van der Waals surface area contributed by atoms with E-state index in [1.54, 1.807) is 0 Å². The van der Waals surface area contributed by atoms with Crippen molar-refractivity contribution in [3.05, 3.63) is 34.3 Å². The Balaban J connectivity index is 1.91. The fourth-order valence-corrected chi connectivity index (χ4v) is 4.83. The second kappa shape index (κ2) is 8.64. The van der Waals surface area contributed by atoms with Crippen LogP contribution in [0.5, 0.6) is 0 Å². The van der Waals surface area contributed by atoms with Gasteiger partial charge >= 0.3 is 0 Å². The smallest absolute Gasteiger partial charge is 0.223 e. The highest BCUT2D eigenvalue weighted by atomic mass is 79.9. The maximum atomic E-state index is 12.6. The minimum atomic E-state index is -3.36. The Kier molecular flexibility index (Phi) is 7.05. The Morgan fingerprint density at radius 1 is 1.28 bits per heavy atom. The van der Waals surface area contributed by atoms with Crippen molar-refractivity contribution in [3.8, 4) is 0 Å². The highest BCUT2D eigenvalue weighted by Crippen LogP contribution is 2.23. The number of nitrogens with zero attached hydrogens (tertiary/aromatic N) is 1. The first kappa shape index (κ1) is 20.4. The molecular weight excluding hydrogens is 404 g/mol. The topological polar surface area (TPSA) is 66.5 Å². The number of sulfonamides is 1. The molecule has 1 N–H and O–H groups in total. The first-order chi connectivity index (χ1) is 11.7. The van der Waals surface area contributed by atoms with E-state index in [1.165, 1.54) is 4.31 Å². The number of piperidine rings is 1. The van der Waals surface area contributed by atoms with Crippen LogP contribution in [0.2, 0.25) is 0 Å². The molecule has 1 aromatic rings. The lowest BCUT2D eigenvalue weighted by molar-refractivity contribution is -0.127. The molecule has 1 atom stereocenters. The lowest BCUT2D eigenvalue weighted by Gasteiger charge is -2.31. The molecule has 25 heavy (non-hydrogen) atoms. The minimum absolute atomic E-state index is 0.00626. The predicted molar refractivity (Wildman–Crippen MR) is 104 cm³/mol. The van der Waals surface area contributed by atoms with E-state index in [1.807, 2.05) is 31.2 Å². The molecule has 0 aromatic heterocycles. The van der Waals surface area contributed by atoms with Crippen LogP contribution in [-0.2, 0) is 20.6 Å². The zero-order valence-corrected chi connectivity index (χ0v) is 17.4. The summed E-state index contributed by atoms with van der Waals surface area (Å²) in [5, 5.41) is 3.04. The molecule has 0 saturated carbocycles. The summed E-state index contributed by atoms with van der Waals surface area (Å²) in [6.07, 6.45) is 1.16. The van der Waals surface area contributed by atoms with Gasteiger partial charge in [-0.2, -0.15) is 0 Å². The lowest BCUT2D eigenvalue weighted by Crippen LogP contribution is -2.46. The van der Waals surface area contributed by atoms with Crippen LogP contribution in [-0.4, -0.2) is 37.8 Å². The van der Waals surface area contributed by atoms with Gasteiger partial charge in [0.1, 0.15) is 0 Å². The van der Waals surface area contributed by atoms with Crippen LogP contribution in [0, 0.1) is 11.8 Å². The van der Waals surface area contributed by atoms with Gasteiger partial charge in [0, 0.05) is 29.5 Å². The normalized spacial score (nSPS) is 18.3. The van der Waals surface area contributed by atoms with E-state index in [2.05, 4.69) is 35.1 Å². The van der Waals surface area contributed by atoms with E-state index < -0.39 is 10.0 Å². The first-order valence-corrected chi connectivity index (χ1v) is 11.1. The predicted octanol–water partition coefficient (Wildman–Crippen LogP) is 3.15. The van der Waals surface area contributed by atoms with Crippen molar-refractivity contribution in [1.82, 2.24) is 9.62 Å². The highest BCUT2D eigenvalue weighted by Gasteiger charge is 2.31. The van der Waals surface area contributed by atoms with Gasteiger partial charge in [-0.15, -0.1) is 0 Å². The number of carbonyl (C=O) groups excluding carboxylic acids is 1. The second-order valence-corrected chi connectivity index (χ2v) is 9.99. The van der Waals surface area contributed by atoms with Crippen LogP contribution in [0.25, 0.3) is 0 Å². The number of amides is 1. The molecule has 5 nitrogen and oxygen atoms in total. The van der Waals surface area contributed by atoms with Crippen molar-refractivity contribution in [2.24, 2.45) is 11.8 Å². The average Bonchev–Trinajstić information content (AvgIpc) is 2.54. The maximum Gasteiger partial charge on any atom is 0.223 e. The molecule has 1 aromatic carbocycles. The number of rotatable bonds is 6. The Bertz CT molecular complexity index is 698. The number of hydrogen-bond acceptors (Lipinski definition) is 3. The van der Waals surface area contributed by atoms with Crippen molar-refractivity contribution in [2.75, 3.05) is 13.1 Å². The summed E-state index contributed by atoms with van der Waals surface area (Å²) < 4.78 is 27.6. The van der Waals surface area contributed by atoms with Crippen LogP contribution in [0.3, 0.4) is 0 Å². The number of hydrogen-bond donors (Lipinski definition) is 1. The van der Waals surface area contributed by atoms with E-state index >= 15 is 0 Å². The molecule has 1 aliphatic heterocycles. The number of carbonyl (C=O) groups is 1. The van der Waals surface area contributed by atoms with E-state index in [0.717, 1.165) is 10.0 Å². The average molecular weight is 431 g/mol. The van der Waals surface area contributed by atoms with E-state index in [4.69, 9.17) is 0 Å². The Morgan fingerprint density at radius 3 is 2.48 bits per heavy atom. The van der Waals surface area contributed by atoms with Crippen molar-refractivity contribution in [3.63, 3.8) is 0 Å². The molecule has 1 aliphatic rings. The Morgan fingerprint density at radius 2 is 1.92 bits per heavy atom. The van der Waals surface area contributed by atoms with Gasteiger partial charge in [0.25, 0.3) is 0 Å². The van der Waals surface area contributed by atoms with Crippen LogP contribution in [0.4, 0.5) is 0 Å². The molecule has 0 unspecified atom stereocenters. The summed E-state index contributed by atoms with van der Waals surface area (Å²) in [4.78, 5) is 12.3. The third kappa shape index (κ3) is 5.79. The molecule has 0 bridgehead atoms. The molecular formula is C18H27BrN2O3S. The zero-order valence-electron chi connectivity index (χ0n) is 15.0. The highest BCUT2D eigenvalue weighted by molar-refractivity contribution is 9.10. The number of nitrogens with one attached hydrogen (secondary N) is 1. The van der Waals surface area contributed by atoms with Gasteiger partial charge < -0.3 is 5.32 Å². The molecule has 7 heteroatoms. The van der Waals surface area contributed by atoms with Crippen molar-refractivity contribution in [2.45, 2.75) is 45.4 Å². The number of benzene rings is 1. The fourth-order valence-electron chi connectivity index (χ4n) is 2.83. The third-order valence-corrected chi connectivity index (χ3v) is 7.17. The maximum absolute atomic E-state index is 12.6. The Hall–Kier alpha value is -0.920. The quantitative estimate of drug-likeness (QED) is 0.753. The van der Waals surface area contributed by atoms with Gasteiger partial charge in [0.15, 0.2) is 0 Å². The summed E-state index contributed by atoms with van der Waals surface area (Å²) in [6, 6.07) is 7.48. The molecule has 0 radical (unpaired) electrons. The van der Waals surface area contributed by atoms with Gasteiger partial charge in [-0.1, -0.05) is 41.9 Å². The van der Waals surface area contributed by atoms with Crippen molar-refractivity contribution >= 4 is 31.9 Å². The first-order valence-electron chi connectivity index (χ1n) is 8.71. The van der Waals surface area contributed by atoms with Crippen LogP contribution in [0.15, 0.2) is 28.7 Å².